The van der Waals surface area contributed by atoms with Gasteiger partial charge in [-0.2, -0.15) is 0 Å². The molecule has 1 aliphatic carbocycles. The highest BCUT2D eigenvalue weighted by molar-refractivity contribution is 7.15. The lowest BCUT2D eigenvalue weighted by atomic mass is 10.1. The van der Waals surface area contributed by atoms with Crippen molar-refractivity contribution in [2.75, 3.05) is 5.32 Å². The molecule has 1 aromatic heterocycles. The second kappa shape index (κ2) is 3.46. The fourth-order valence-electron chi connectivity index (χ4n) is 2.02. The summed E-state index contributed by atoms with van der Waals surface area (Å²) < 4.78 is 5.79. The van der Waals surface area contributed by atoms with Crippen LogP contribution in [0.1, 0.15) is 43.4 Å². The topological polar surface area (TPSA) is 34.2 Å². The Hall–Kier alpha value is -0.610. The zero-order valence-corrected chi connectivity index (χ0v) is 9.93. The number of ether oxygens (including phenoxy) is 1. The molecule has 0 amide bonds. The molecule has 1 fully saturated rings. The van der Waals surface area contributed by atoms with Crippen molar-refractivity contribution in [2.24, 2.45) is 0 Å². The monoisotopic (exact) mass is 224 g/mol. The predicted octanol–water partition coefficient (Wildman–Crippen LogP) is 2.74. The lowest BCUT2D eigenvalue weighted by molar-refractivity contribution is -0.00316. The molecule has 0 radical (unpaired) electrons. The molecule has 0 aromatic carbocycles. The number of hydrogen-bond acceptors (Lipinski definition) is 4. The van der Waals surface area contributed by atoms with Gasteiger partial charge in [0.25, 0.3) is 0 Å². The summed E-state index contributed by atoms with van der Waals surface area (Å²) in [6, 6.07) is 0.686. The molecule has 2 unspecified atom stereocenters. The first-order chi connectivity index (χ1) is 7.22. The summed E-state index contributed by atoms with van der Waals surface area (Å²) in [5.41, 5.74) is 1.24. The van der Waals surface area contributed by atoms with Crippen LogP contribution in [0.4, 0.5) is 5.13 Å². The third kappa shape index (κ3) is 1.88. The first kappa shape index (κ1) is 9.60. The van der Waals surface area contributed by atoms with Crippen LogP contribution in [-0.4, -0.2) is 17.1 Å². The molecule has 0 bridgehead atoms. The van der Waals surface area contributed by atoms with E-state index >= 15 is 0 Å². The van der Waals surface area contributed by atoms with Gasteiger partial charge in [0.05, 0.1) is 22.8 Å². The smallest absolute Gasteiger partial charge is 0.183 e. The normalized spacial score (nSPS) is 30.0. The molecule has 4 heteroatoms. The third-order valence-electron chi connectivity index (χ3n) is 2.92. The van der Waals surface area contributed by atoms with E-state index in [0.717, 1.165) is 11.6 Å². The highest BCUT2D eigenvalue weighted by Crippen LogP contribution is 2.37. The molecule has 15 heavy (non-hydrogen) atoms. The number of rotatable bonds is 2. The number of fused-ring (bicyclic) bond motifs is 1. The van der Waals surface area contributed by atoms with Crippen LogP contribution in [0.5, 0.6) is 0 Å². The zero-order chi connectivity index (χ0) is 10.4. The maximum absolute atomic E-state index is 5.79. The van der Waals surface area contributed by atoms with E-state index < -0.39 is 0 Å². The van der Waals surface area contributed by atoms with Gasteiger partial charge >= 0.3 is 0 Å². The van der Waals surface area contributed by atoms with Gasteiger partial charge in [0.15, 0.2) is 5.13 Å². The Kier molecular flexibility index (Phi) is 2.21. The molecular weight excluding hydrogens is 208 g/mol. The molecule has 1 N–H and O–H groups in total. The molecule has 1 aromatic rings. The lowest BCUT2D eigenvalue weighted by Crippen LogP contribution is -2.20. The highest BCUT2D eigenvalue weighted by Gasteiger charge is 2.28. The van der Waals surface area contributed by atoms with E-state index in [1.165, 1.54) is 23.4 Å². The van der Waals surface area contributed by atoms with Crippen LogP contribution >= 0.6 is 11.3 Å². The van der Waals surface area contributed by atoms with Crippen LogP contribution in [0, 0.1) is 0 Å². The molecule has 2 heterocycles. The molecule has 0 saturated heterocycles. The number of anilines is 1. The number of nitrogens with zero attached hydrogens (tertiary/aromatic N) is 1. The predicted molar refractivity (Wildman–Crippen MR) is 61.4 cm³/mol. The van der Waals surface area contributed by atoms with Crippen molar-refractivity contribution >= 4 is 16.5 Å². The van der Waals surface area contributed by atoms with E-state index in [-0.39, 0.29) is 6.10 Å². The first-order valence-electron chi connectivity index (χ1n) is 5.64. The molecule has 3 rings (SSSR count). The van der Waals surface area contributed by atoms with Crippen LogP contribution in [0.3, 0.4) is 0 Å². The van der Waals surface area contributed by atoms with Crippen LogP contribution in [0.25, 0.3) is 0 Å². The summed E-state index contributed by atoms with van der Waals surface area (Å²) in [5, 5.41) is 4.55. The van der Waals surface area contributed by atoms with Gasteiger partial charge in [0, 0.05) is 12.5 Å². The van der Waals surface area contributed by atoms with Gasteiger partial charge in [-0.25, -0.2) is 4.98 Å². The average molecular weight is 224 g/mol. The van der Waals surface area contributed by atoms with E-state index in [2.05, 4.69) is 24.1 Å². The van der Waals surface area contributed by atoms with Crippen molar-refractivity contribution in [3.8, 4) is 0 Å². The molecule has 82 valence electrons. The first-order valence-corrected chi connectivity index (χ1v) is 6.45. The van der Waals surface area contributed by atoms with Gasteiger partial charge in [0.2, 0.25) is 0 Å². The van der Waals surface area contributed by atoms with E-state index in [1.807, 2.05) is 0 Å². The SMILES string of the molecule is CC1Cc2nc(NC3CC3)sc2C(C)O1. The van der Waals surface area contributed by atoms with Crippen molar-refractivity contribution in [3.63, 3.8) is 0 Å². The van der Waals surface area contributed by atoms with Crippen molar-refractivity contribution in [3.05, 3.63) is 10.6 Å². The number of thiazole rings is 1. The fourth-order valence-corrected chi connectivity index (χ4v) is 3.08. The number of aromatic nitrogens is 1. The second-order valence-electron chi connectivity index (χ2n) is 4.54. The van der Waals surface area contributed by atoms with E-state index in [0.29, 0.717) is 12.1 Å². The molecule has 1 aliphatic heterocycles. The van der Waals surface area contributed by atoms with Gasteiger partial charge in [-0.1, -0.05) is 11.3 Å². The zero-order valence-electron chi connectivity index (χ0n) is 9.12. The van der Waals surface area contributed by atoms with E-state index in [4.69, 9.17) is 4.74 Å². The molecule has 3 nitrogen and oxygen atoms in total. The van der Waals surface area contributed by atoms with Crippen molar-refractivity contribution in [2.45, 2.75) is 51.4 Å². The summed E-state index contributed by atoms with van der Waals surface area (Å²) in [5.74, 6) is 0. The molecule has 2 aliphatic rings. The van der Waals surface area contributed by atoms with Gasteiger partial charge in [-0.15, -0.1) is 0 Å². The Morgan fingerprint density at radius 1 is 1.40 bits per heavy atom. The quantitative estimate of drug-likeness (QED) is 0.838. The summed E-state index contributed by atoms with van der Waals surface area (Å²) in [6.07, 6.45) is 4.08. The van der Waals surface area contributed by atoms with E-state index in [9.17, 15) is 0 Å². The summed E-state index contributed by atoms with van der Waals surface area (Å²) in [4.78, 5) is 5.98. The maximum atomic E-state index is 5.79. The van der Waals surface area contributed by atoms with Gasteiger partial charge in [-0.05, 0) is 26.7 Å². The minimum absolute atomic E-state index is 0.219. The number of hydrogen-bond donors (Lipinski definition) is 1. The van der Waals surface area contributed by atoms with Crippen molar-refractivity contribution in [1.82, 2.24) is 4.98 Å². The summed E-state index contributed by atoms with van der Waals surface area (Å²) in [6.45, 7) is 4.24. The Morgan fingerprint density at radius 2 is 2.20 bits per heavy atom. The van der Waals surface area contributed by atoms with Gasteiger partial charge < -0.3 is 10.1 Å². The van der Waals surface area contributed by atoms with Crippen LogP contribution in [-0.2, 0) is 11.2 Å². The van der Waals surface area contributed by atoms with Gasteiger partial charge in [0.1, 0.15) is 0 Å². The standard InChI is InChI=1S/C11H16N2OS/c1-6-5-9-10(7(2)14-6)15-11(13-9)12-8-3-4-8/h6-8H,3-5H2,1-2H3,(H,12,13). The molecule has 0 spiro atoms. The highest BCUT2D eigenvalue weighted by atomic mass is 32.1. The Labute approximate surface area is 93.9 Å². The van der Waals surface area contributed by atoms with Crippen LogP contribution in [0.15, 0.2) is 0 Å². The van der Waals surface area contributed by atoms with Crippen molar-refractivity contribution in [1.29, 1.82) is 0 Å². The largest absolute Gasteiger partial charge is 0.370 e. The maximum Gasteiger partial charge on any atom is 0.183 e. The summed E-state index contributed by atoms with van der Waals surface area (Å²) in [7, 11) is 0. The Morgan fingerprint density at radius 3 is 2.93 bits per heavy atom. The third-order valence-corrected chi connectivity index (χ3v) is 4.11. The van der Waals surface area contributed by atoms with E-state index in [1.54, 1.807) is 11.3 Å². The average Bonchev–Trinajstić information content (AvgIpc) is 2.85. The minimum Gasteiger partial charge on any atom is -0.370 e. The molecule has 1 saturated carbocycles. The lowest BCUT2D eigenvalue weighted by Gasteiger charge is -2.23. The summed E-state index contributed by atoms with van der Waals surface area (Å²) >= 11 is 1.77. The van der Waals surface area contributed by atoms with Crippen molar-refractivity contribution < 1.29 is 4.74 Å². The second-order valence-corrected chi connectivity index (χ2v) is 5.57. The Bertz CT molecular complexity index is 373. The van der Waals surface area contributed by atoms with Gasteiger partial charge in [-0.3, -0.25) is 0 Å². The fraction of sp³-hybridized carbons (Fsp3) is 0.727. The number of nitrogens with one attached hydrogen (secondary N) is 1. The van der Waals surface area contributed by atoms with Crippen LogP contribution < -0.4 is 5.32 Å². The molecule has 2 atom stereocenters. The van der Waals surface area contributed by atoms with Crippen LogP contribution in [0.2, 0.25) is 0 Å². The Balaban J connectivity index is 1.85. The minimum atomic E-state index is 0.219. The molecular formula is C11H16N2OS.